The Kier molecular flexibility index (Phi) is 3.90. The van der Waals surface area contributed by atoms with Crippen molar-refractivity contribution in [3.8, 4) is 17.3 Å². The molecule has 1 aliphatic heterocycles. The standard InChI is InChI=1S/C17H21N7/c18-11-17(4-5-17)12-24-10-13(8-21-24)15-3-7-20-16(23-15)22-14-2-1-6-19-9-14/h3,7-8,10,14,19H,1-2,4-6,9,12H2,(H,20,22,23). The third-order valence-corrected chi connectivity index (χ3v) is 4.77. The van der Waals surface area contributed by atoms with Crippen LogP contribution >= 0.6 is 0 Å². The highest BCUT2D eigenvalue weighted by Crippen LogP contribution is 2.46. The molecule has 0 aromatic carbocycles. The summed E-state index contributed by atoms with van der Waals surface area (Å²) >= 11 is 0. The molecule has 3 heterocycles. The zero-order valence-electron chi connectivity index (χ0n) is 13.6. The number of rotatable bonds is 5. The van der Waals surface area contributed by atoms with Gasteiger partial charge in [-0.15, -0.1) is 0 Å². The molecule has 2 aliphatic rings. The van der Waals surface area contributed by atoms with E-state index in [1.165, 1.54) is 6.42 Å². The SMILES string of the molecule is N#CC1(Cn2cc(-c3ccnc(NC4CCCNC4)n3)cn2)CC1. The van der Waals surface area contributed by atoms with Gasteiger partial charge in [0.05, 0.1) is 29.9 Å². The Balaban J connectivity index is 1.47. The lowest BCUT2D eigenvalue weighted by Crippen LogP contribution is -2.38. The molecule has 2 N–H and O–H groups in total. The van der Waals surface area contributed by atoms with Crippen molar-refractivity contribution in [1.82, 2.24) is 25.1 Å². The molecule has 7 heteroatoms. The fourth-order valence-corrected chi connectivity index (χ4v) is 3.10. The number of nitrogens with zero attached hydrogens (tertiary/aromatic N) is 5. The number of hydrogen-bond acceptors (Lipinski definition) is 6. The first-order valence-corrected chi connectivity index (χ1v) is 8.51. The molecular formula is C17H21N7. The average Bonchev–Trinajstić information content (AvgIpc) is 3.24. The quantitative estimate of drug-likeness (QED) is 0.872. The minimum Gasteiger partial charge on any atom is -0.350 e. The van der Waals surface area contributed by atoms with Gasteiger partial charge in [-0.1, -0.05) is 0 Å². The van der Waals surface area contributed by atoms with E-state index in [1.54, 1.807) is 6.20 Å². The summed E-state index contributed by atoms with van der Waals surface area (Å²) in [7, 11) is 0. The van der Waals surface area contributed by atoms with E-state index in [4.69, 9.17) is 0 Å². The van der Waals surface area contributed by atoms with Crippen LogP contribution in [0.3, 0.4) is 0 Å². The van der Waals surface area contributed by atoms with Gasteiger partial charge >= 0.3 is 0 Å². The third kappa shape index (κ3) is 3.24. The van der Waals surface area contributed by atoms with Crippen LogP contribution in [0, 0.1) is 16.7 Å². The van der Waals surface area contributed by atoms with Crippen molar-refractivity contribution in [2.75, 3.05) is 18.4 Å². The van der Waals surface area contributed by atoms with E-state index in [2.05, 4.69) is 31.8 Å². The lowest BCUT2D eigenvalue weighted by atomic mass is 10.1. The molecule has 0 amide bonds. The molecule has 24 heavy (non-hydrogen) atoms. The van der Waals surface area contributed by atoms with E-state index in [9.17, 15) is 5.26 Å². The van der Waals surface area contributed by atoms with E-state index in [0.717, 1.165) is 43.6 Å². The highest BCUT2D eigenvalue weighted by Gasteiger charge is 2.43. The summed E-state index contributed by atoms with van der Waals surface area (Å²) in [6.07, 6.45) is 9.79. The Morgan fingerprint density at radius 2 is 2.38 bits per heavy atom. The normalized spacial score (nSPS) is 21.9. The van der Waals surface area contributed by atoms with Crippen LogP contribution in [0.25, 0.3) is 11.3 Å². The van der Waals surface area contributed by atoms with Gasteiger partial charge in [0.15, 0.2) is 0 Å². The first-order chi connectivity index (χ1) is 11.8. The summed E-state index contributed by atoms with van der Waals surface area (Å²) in [5.41, 5.74) is 1.61. The summed E-state index contributed by atoms with van der Waals surface area (Å²) in [5, 5.41) is 20.4. The first-order valence-electron chi connectivity index (χ1n) is 8.51. The number of piperidine rings is 1. The molecule has 4 rings (SSSR count). The second-order valence-electron chi connectivity index (χ2n) is 6.77. The van der Waals surface area contributed by atoms with Crippen molar-refractivity contribution in [2.45, 2.75) is 38.3 Å². The van der Waals surface area contributed by atoms with Gasteiger partial charge in [0.2, 0.25) is 5.95 Å². The van der Waals surface area contributed by atoms with Gasteiger partial charge in [0.25, 0.3) is 0 Å². The maximum absolute atomic E-state index is 9.21. The van der Waals surface area contributed by atoms with E-state index >= 15 is 0 Å². The Labute approximate surface area is 141 Å². The molecule has 1 aliphatic carbocycles. The molecule has 1 saturated carbocycles. The van der Waals surface area contributed by atoms with Crippen LogP contribution in [0.4, 0.5) is 5.95 Å². The lowest BCUT2D eigenvalue weighted by Gasteiger charge is -2.23. The zero-order chi connectivity index (χ0) is 16.4. The molecule has 1 atom stereocenters. The third-order valence-electron chi connectivity index (χ3n) is 4.77. The smallest absolute Gasteiger partial charge is 0.223 e. The Morgan fingerprint density at radius 3 is 3.12 bits per heavy atom. The molecule has 2 fully saturated rings. The van der Waals surface area contributed by atoms with Crippen LogP contribution in [0.5, 0.6) is 0 Å². The predicted molar refractivity (Wildman–Crippen MR) is 90.0 cm³/mol. The Morgan fingerprint density at radius 1 is 1.46 bits per heavy atom. The van der Waals surface area contributed by atoms with Gasteiger partial charge in [-0.2, -0.15) is 10.4 Å². The summed E-state index contributed by atoms with van der Waals surface area (Å²) in [6.45, 7) is 2.69. The number of anilines is 1. The molecule has 2 aromatic heterocycles. The fraction of sp³-hybridized carbons (Fsp3) is 0.529. The number of nitrogens with one attached hydrogen (secondary N) is 2. The molecule has 0 spiro atoms. The van der Waals surface area contributed by atoms with Gasteiger partial charge in [-0.05, 0) is 38.3 Å². The zero-order valence-corrected chi connectivity index (χ0v) is 13.6. The highest BCUT2D eigenvalue weighted by molar-refractivity contribution is 5.58. The van der Waals surface area contributed by atoms with Crippen molar-refractivity contribution in [1.29, 1.82) is 5.26 Å². The van der Waals surface area contributed by atoms with E-state index in [1.807, 2.05) is 23.1 Å². The monoisotopic (exact) mass is 323 g/mol. The topological polar surface area (TPSA) is 91.5 Å². The summed E-state index contributed by atoms with van der Waals surface area (Å²) in [5.74, 6) is 0.657. The number of nitriles is 1. The summed E-state index contributed by atoms with van der Waals surface area (Å²) in [6, 6.07) is 4.67. The van der Waals surface area contributed by atoms with Crippen LogP contribution in [0.1, 0.15) is 25.7 Å². The first kappa shape index (κ1) is 15.1. The fourth-order valence-electron chi connectivity index (χ4n) is 3.10. The van der Waals surface area contributed by atoms with Crippen LogP contribution in [0.15, 0.2) is 24.7 Å². The average molecular weight is 323 g/mol. The van der Waals surface area contributed by atoms with Crippen LogP contribution in [0.2, 0.25) is 0 Å². The molecule has 1 saturated heterocycles. The van der Waals surface area contributed by atoms with Crippen molar-refractivity contribution < 1.29 is 0 Å². The Hall–Kier alpha value is -2.46. The molecule has 0 bridgehead atoms. The minimum absolute atomic E-state index is 0.199. The second kappa shape index (κ2) is 6.21. The summed E-state index contributed by atoms with van der Waals surface area (Å²) < 4.78 is 1.85. The van der Waals surface area contributed by atoms with Crippen molar-refractivity contribution in [3.05, 3.63) is 24.7 Å². The predicted octanol–water partition coefficient (Wildman–Crippen LogP) is 1.81. The second-order valence-corrected chi connectivity index (χ2v) is 6.77. The van der Waals surface area contributed by atoms with Crippen molar-refractivity contribution in [3.63, 3.8) is 0 Å². The lowest BCUT2D eigenvalue weighted by molar-refractivity contribution is 0.478. The van der Waals surface area contributed by atoms with Crippen LogP contribution in [-0.4, -0.2) is 38.9 Å². The number of aromatic nitrogens is 4. The largest absolute Gasteiger partial charge is 0.350 e. The molecular weight excluding hydrogens is 302 g/mol. The van der Waals surface area contributed by atoms with Gasteiger partial charge in [0.1, 0.15) is 0 Å². The molecule has 124 valence electrons. The molecule has 0 radical (unpaired) electrons. The van der Waals surface area contributed by atoms with Crippen molar-refractivity contribution in [2.24, 2.45) is 5.41 Å². The van der Waals surface area contributed by atoms with Crippen LogP contribution in [-0.2, 0) is 6.54 Å². The summed E-state index contributed by atoms with van der Waals surface area (Å²) in [4.78, 5) is 8.94. The minimum atomic E-state index is -0.199. The van der Waals surface area contributed by atoms with Gasteiger partial charge in [-0.25, -0.2) is 9.97 Å². The van der Waals surface area contributed by atoms with E-state index in [-0.39, 0.29) is 5.41 Å². The van der Waals surface area contributed by atoms with Gasteiger partial charge < -0.3 is 10.6 Å². The molecule has 1 unspecified atom stereocenters. The molecule has 2 aromatic rings. The number of hydrogen-bond donors (Lipinski definition) is 2. The Bertz CT molecular complexity index is 750. The van der Waals surface area contributed by atoms with E-state index in [0.29, 0.717) is 18.5 Å². The van der Waals surface area contributed by atoms with Crippen LogP contribution < -0.4 is 10.6 Å². The molecule has 7 nitrogen and oxygen atoms in total. The van der Waals surface area contributed by atoms with Gasteiger partial charge in [-0.3, -0.25) is 4.68 Å². The van der Waals surface area contributed by atoms with Gasteiger partial charge in [0, 0.05) is 30.5 Å². The maximum atomic E-state index is 9.21. The maximum Gasteiger partial charge on any atom is 0.223 e. The van der Waals surface area contributed by atoms with Crippen molar-refractivity contribution >= 4 is 5.95 Å². The van der Waals surface area contributed by atoms with E-state index < -0.39 is 0 Å². The highest BCUT2D eigenvalue weighted by atomic mass is 15.3.